The van der Waals surface area contributed by atoms with Gasteiger partial charge in [0.25, 0.3) is 5.91 Å². The third-order valence-corrected chi connectivity index (χ3v) is 5.94. The summed E-state index contributed by atoms with van der Waals surface area (Å²) < 4.78 is 18.6. The smallest absolute Gasteiger partial charge is 0.325 e. The Morgan fingerprint density at radius 2 is 1.87 bits per heavy atom. The fourth-order valence-electron chi connectivity index (χ4n) is 3.46. The summed E-state index contributed by atoms with van der Waals surface area (Å²) in [6, 6.07) is 14.6. The largest absolute Gasteiger partial charge is 0.486 e. The molecule has 1 atom stereocenters. The van der Waals surface area contributed by atoms with Crippen LogP contribution in [0.2, 0.25) is 0 Å². The number of carbonyl (C=O) groups excluding carboxylic acids is 2. The second-order valence-corrected chi connectivity index (χ2v) is 7.86. The molecule has 2 heterocycles. The fraction of sp³-hybridized carbons (Fsp3) is 0.227. The highest BCUT2D eigenvalue weighted by atomic mass is 32.1. The molecule has 2 aromatic carbocycles. The first-order valence-electron chi connectivity index (χ1n) is 9.53. The predicted octanol–water partition coefficient (Wildman–Crippen LogP) is 4.22. The zero-order valence-corrected chi connectivity index (χ0v) is 17.1. The van der Waals surface area contributed by atoms with E-state index in [1.54, 1.807) is 17.5 Å². The van der Waals surface area contributed by atoms with Gasteiger partial charge in [0.2, 0.25) is 0 Å². The fourth-order valence-corrected chi connectivity index (χ4v) is 4.15. The molecule has 4 rings (SSSR count). The molecule has 1 aliphatic rings. The molecular formula is C22H20FN3O3S. The number of aromatic nitrogens is 1. The molecule has 1 aliphatic heterocycles. The number of nitrogens with zero attached hydrogens (tertiary/aromatic N) is 2. The lowest BCUT2D eigenvalue weighted by molar-refractivity contribution is -0.132. The van der Waals surface area contributed by atoms with Crippen LogP contribution in [0.5, 0.6) is 5.75 Å². The summed E-state index contributed by atoms with van der Waals surface area (Å²) in [4.78, 5) is 31.4. The van der Waals surface area contributed by atoms with E-state index in [2.05, 4.69) is 10.3 Å². The zero-order valence-electron chi connectivity index (χ0n) is 16.3. The second-order valence-electron chi connectivity index (χ2n) is 6.92. The number of thiazole rings is 1. The Hall–Kier alpha value is -3.26. The molecule has 8 heteroatoms. The molecule has 0 radical (unpaired) electrons. The molecule has 0 bridgehead atoms. The van der Waals surface area contributed by atoms with Crippen molar-refractivity contribution >= 4 is 23.3 Å². The topological polar surface area (TPSA) is 71.5 Å². The quantitative estimate of drug-likeness (QED) is 0.576. The summed E-state index contributed by atoms with van der Waals surface area (Å²) in [6.07, 6.45) is 0.450. The maximum Gasteiger partial charge on any atom is 0.325 e. The predicted molar refractivity (Wildman–Crippen MR) is 110 cm³/mol. The summed E-state index contributed by atoms with van der Waals surface area (Å²) in [6.45, 7) is 2.19. The number of nitrogens with one attached hydrogen (secondary N) is 1. The first-order chi connectivity index (χ1) is 14.5. The molecule has 30 heavy (non-hydrogen) atoms. The monoisotopic (exact) mass is 425 g/mol. The van der Waals surface area contributed by atoms with Crippen LogP contribution in [0.1, 0.15) is 29.6 Å². The molecule has 6 nitrogen and oxygen atoms in total. The summed E-state index contributed by atoms with van der Waals surface area (Å²) >= 11 is 1.38. The Morgan fingerprint density at radius 1 is 1.13 bits per heavy atom. The minimum absolute atomic E-state index is 0.0896. The first kappa shape index (κ1) is 20.0. The Labute approximate surface area is 177 Å². The molecule has 1 N–H and O–H groups in total. The van der Waals surface area contributed by atoms with Crippen LogP contribution in [0.15, 0.2) is 60.0 Å². The van der Waals surface area contributed by atoms with Crippen molar-refractivity contribution < 1.29 is 18.7 Å². The lowest BCUT2D eigenvalue weighted by Gasteiger charge is -2.25. The normalized spacial score (nSPS) is 18.5. The molecule has 3 amide bonds. The van der Waals surface area contributed by atoms with Crippen molar-refractivity contribution in [2.24, 2.45) is 0 Å². The van der Waals surface area contributed by atoms with Crippen LogP contribution in [0.4, 0.5) is 9.18 Å². The summed E-state index contributed by atoms with van der Waals surface area (Å²) in [5, 5.41) is 5.37. The minimum Gasteiger partial charge on any atom is -0.486 e. The molecule has 1 unspecified atom stereocenters. The number of ether oxygens (including phenoxy) is 1. The van der Waals surface area contributed by atoms with E-state index in [4.69, 9.17) is 4.74 Å². The van der Waals surface area contributed by atoms with Crippen LogP contribution in [-0.2, 0) is 23.5 Å². The highest BCUT2D eigenvalue weighted by Gasteiger charge is 2.51. The minimum atomic E-state index is -1.05. The molecule has 1 fully saturated rings. The average Bonchev–Trinajstić information content (AvgIpc) is 3.32. The van der Waals surface area contributed by atoms with Gasteiger partial charge >= 0.3 is 6.03 Å². The Bertz CT molecular complexity index is 1060. The lowest BCUT2D eigenvalue weighted by atomic mass is 9.87. The van der Waals surface area contributed by atoms with Crippen molar-refractivity contribution in [1.82, 2.24) is 15.2 Å². The molecule has 3 aromatic rings. The molecule has 0 aliphatic carbocycles. The summed E-state index contributed by atoms with van der Waals surface area (Å²) in [5.41, 5.74) is 0.323. The average molecular weight is 425 g/mol. The molecule has 0 spiro atoms. The van der Waals surface area contributed by atoms with Crippen molar-refractivity contribution in [3.05, 3.63) is 82.1 Å². The van der Waals surface area contributed by atoms with Crippen molar-refractivity contribution in [3.8, 4) is 5.75 Å². The number of imide groups is 1. The van der Waals surface area contributed by atoms with E-state index in [0.29, 0.717) is 22.9 Å². The van der Waals surface area contributed by atoms with Crippen LogP contribution in [0, 0.1) is 5.82 Å². The number of hydrogen-bond donors (Lipinski definition) is 1. The van der Waals surface area contributed by atoms with Gasteiger partial charge in [-0.2, -0.15) is 0 Å². The van der Waals surface area contributed by atoms with E-state index in [9.17, 15) is 14.0 Å². The molecule has 0 saturated carbocycles. The van der Waals surface area contributed by atoms with Crippen LogP contribution in [0.25, 0.3) is 0 Å². The molecule has 1 saturated heterocycles. The molecule has 1 aromatic heterocycles. The zero-order chi connectivity index (χ0) is 21.1. The SMILES string of the molecule is CCC1(c2ccccc2)NC(=O)N(Cc2csc(COc3ccc(F)cc3)n2)C1=O. The van der Waals surface area contributed by atoms with Crippen LogP contribution < -0.4 is 10.1 Å². The highest BCUT2D eigenvalue weighted by Crippen LogP contribution is 2.33. The van der Waals surface area contributed by atoms with Crippen LogP contribution in [0.3, 0.4) is 0 Å². The van der Waals surface area contributed by atoms with Gasteiger partial charge in [0.1, 0.15) is 28.7 Å². The Morgan fingerprint density at radius 3 is 2.57 bits per heavy atom. The summed E-state index contributed by atoms with van der Waals surface area (Å²) in [7, 11) is 0. The van der Waals surface area contributed by atoms with Crippen molar-refractivity contribution in [3.63, 3.8) is 0 Å². The Kier molecular flexibility index (Phi) is 5.50. The van der Waals surface area contributed by atoms with Gasteiger partial charge in [-0.3, -0.25) is 9.69 Å². The van der Waals surface area contributed by atoms with Gasteiger partial charge < -0.3 is 10.1 Å². The number of urea groups is 1. The van der Waals surface area contributed by atoms with E-state index >= 15 is 0 Å². The van der Waals surface area contributed by atoms with Gasteiger partial charge in [-0.05, 0) is 36.2 Å². The van der Waals surface area contributed by atoms with Gasteiger partial charge in [-0.1, -0.05) is 37.3 Å². The van der Waals surface area contributed by atoms with Gasteiger partial charge in [0.15, 0.2) is 0 Å². The lowest BCUT2D eigenvalue weighted by Crippen LogP contribution is -2.43. The maximum absolute atomic E-state index is 13.2. The van der Waals surface area contributed by atoms with Crippen molar-refractivity contribution in [2.75, 3.05) is 0 Å². The Balaban J connectivity index is 1.45. The number of hydrogen-bond acceptors (Lipinski definition) is 5. The van der Waals surface area contributed by atoms with Gasteiger partial charge in [-0.25, -0.2) is 14.2 Å². The maximum atomic E-state index is 13.2. The van der Waals surface area contributed by atoms with E-state index < -0.39 is 11.6 Å². The second kappa shape index (κ2) is 8.23. The van der Waals surface area contributed by atoms with Gasteiger partial charge in [0, 0.05) is 5.38 Å². The van der Waals surface area contributed by atoms with E-state index in [0.717, 1.165) is 5.56 Å². The number of carbonyl (C=O) groups is 2. The van der Waals surface area contributed by atoms with Crippen molar-refractivity contribution in [2.45, 2.75) is 32.0 Å². The number of rotatable bonds is 7. The first-order valence-corrected chi connectivity index (χ1v) is 10.4. The van der Waals surface area contributed by atoms with E-state index in [1.807, 2.05) is 37.3 Å². The molecular weight excluding hydrogens is 405 g/mol. The third kappa shape index (κ3) is 3.78. The van der Waals surface area contributed by atoms with Crippen LogP contribution >= 0.6 is 11.3 Å². The summed E-state index contributed by atoms with van der Waals surface area (Å²) in [5.74, 6) is -0.0674. The number of amides is 3. The van der Waals surface area contributed by atoms with E-state index in [1.165, 1.54) is 28.4 Å². The molecule has 154 valence electrons. The van der Waals surface area contributed by atoms with E-state index in [-0.39, 0.29) is 24.9 Å². The van der Waals surface area contributed by atoms with Gasteiger partial charge in [0.05, 0.1) is 12.2 Å². The van der Waals surface area contributed by atoms with Gasteiger partial charge in [-0.15, -0.1) is 11.3 Å². The van der Waals surface area contributed by atoms with Crippen LogP contribution in [-0.4, -0.2) is 21.8 Å². The van der Waals surface area contributed by atoms with Crippen molar-refractivity contribution in [1.29, 1.82) is 0 Å². The highest BCUT2D eigenvalue weighted by molar-refractivity contribution is 7.09. The standard InChI is InChI=1S/C22H20FN3O3S/c1-2-22(15-6-4-3-5-7-15)20(27)26(21(28)25-22)12-17-14-30-19(24-17)13-29-18-10-8-16(23)9-11-18/h3-11,14H,2,12-13H2,1H3,(H,25,28). The number of halogens is 1. The third-order valence-electron chi connectivity index (χ3n) is 5.07. The number of benzene rings is 2.